The third kappa shape index (κ3) is 3.27. The Morgan fingerprint density at radius 3 is 2.44 bits per heavy atom. The number of aromatic amines is 1. The lowest BCUT2D eigenvalue weighted by molar-refractivity contribution is -0.142. The van der Waals surface area contributed by atoms with Gasteiger partial charge >= 0.3 is 0 Å². The molecule has 1 N–H and O–H groups in total. The van der Waals surface area contributed by atoms with Gasteiger partial charge in [-0.15, -0.1) is 0 Å². The molecule has 0 spiro atoms. The molecule has 0 unspecified atom stereocenters. The molecule has 142 valence electrons. The average Bonchev–Trinajstić information content (AvgIpc) is 2.92. The lowest BCUT2D eigenvalue weighted by atomic mass is 9.81. The van der Waals surface area contributed by atoms with E-state index in [0.29, 0.717) is 29.8 Å². The van der Waals surface area contributed by atoms with Crippen LogP contribution in [0.3, 0.4) is 0 Å². The normalized spacial score (nSPS) is 22.7. The van der Waals surface area contributed by atoms with Crippen LogP contribution in [0.4, 0.5) is 0 Å². The van der Waals surface area contributed by atoms with Crippen LogP contribution in [-0.4, -0.2) is 44.8 Å². The van der Waals surface area contributed by atoms with Gasteiger partial charge in [-0.2, -0.15) is 0 Å². The van der Waals surface area contributed by atoms with Crippen LogP contribution < -0.4 is 5.56 Å². The second-order valence-corrected chi connectivity index (χ2v) is 7.42. The zero-order valence-corrected chi connectivity index (χ0v) is 15.5. The van der Waals surface area contributed by atoms with Crippen molar-refractivity contribution in [2.45, 2.75) is 39.2 Å². The first-order chi connectivity index (χ1) is 13.1. The Kier molecular flexibility index (Phi) is 4.78. The highest BCUT2D eigenvalue weighted by atomic mass is 16.2. The second-order valence-electron chi connectivity index (χ2n) is 7.42. The van der Waals surface area contributed by atoms with Crippen LogP contribution in [0, 0.1) is 11.8 Å². The summed E-state index contributed by atoms with van der Waals surface area (Å²) in [4.78, 5) is 48.3. The van der Waals surface area contributed by atoms with Gasteiger partial charge in [-0.05, 0) is 31.5 Å². The largest absolute Gasteiger partial charge is 0.309 e. The summed E-state index contributed by atoms with van der Waals surface area (Å²) in [6.45, 7) is 3.24. The van der Waals surface area contributed by atoms with Crippen molar-refractivity contribution in [1.29, 1.82) is 0 Å². The number of aromatic nitrogens is 2. The number of likely N-dealkylation sites (tertiary alicyclic amines) is 1. The number of para-hydroxylation sites is 1. The summed E-state index contributed by atoms with van der Waals surface area (Å²) in [7, 11) is 0. The predicted octanol–water partition coefficient (Wildman–Crippen LogP) is 1.88. The van der Waals surface area contributed by atoms with Crippen molar-refractivity contribution in [3.8, 4) is 0 Å². The second kappa shape index (κ2) is 7.23. The lowest BCUT2D eigenvalue weighted by Crippen LogP contribution is -2.42. The van der Waals surface area contributed by atoms with E-state index in [4.69, 9.17) is 0 Å². The first kappa shape index (κ1) is 17.9. The maximum atomic E-state index is 12.7. The minimum atomic E-state index is -0.175. The van der Waals surface area contributed by atoms with E-state index < -0.39 is 0 Å². The summed E-state index contributed by atoms with van der Waals surface area (Å²) < 4.78 is 0. The monoisotopic (exact) mass is 368 g/mol. The van der Waals surface area contributed by atoms with Crippen LogP contribution in [0.15, 0.2) is 29.1 Å². The Morgan fingerprint density at radius 2 is 1.78 bits per heavy atom. The number of rotatable bonds is 5. The zero-order chi connectivity index (χ0) is 19.0. The van der Waals surface area contributed by atoms with Crippen molar-refractivity contribution < 1.29 is 9.59 Å². The number of carbonyl (C=O) groups is 2. The first-order valence-electron chi connectivity index (χ1n) is 9.64. The Bertz CT molecular complexity index is 914. The van der Waals surface area contributed by atoms with Crippen LogP contribution in [0.5, 0.6) is 0 Å². The fraction of sp³-hybridized carbons (Fsp3) is 0.500. The highest BCUT2D eigenvalue weighted by Crippen LogP contribution is 2.38. The molecule has 2 aliphatic rings. The van der Waals surface area contributed by atoms with Gasteiger partial charge < -0.3 is 4.98 Å². The highest BCUT2D eigenvalue weighted by molar-refractivity contribution is 6.05. The topological polar surface area (TPSA) is 86.4 Å². The Morgan fingerprint density at radius 1 is 1.11 bits per heavy atom. The van der Waals surface area contributed by atoms with Gasteiger partial charge in [0.2, 0.25) is 11.8 Å². The number of fused-ring (bicyclic) bond motifs is 2. The highest BCUT2D eigenvalue weighted by Gasteiger charge is 2.48. The minimum absolute atomic E-state index is 0.0388. The van der Waals surface area contributed by atoms with E-state index in [1.165, 1.54) is 4.90 Å². The molecule has 2 heterocycles. The molecule has 1 saturated heterocycles. The molecule has 7 nitrogen and oxygen atoms in total. The molecule has 1 aliphatic carbocycles. The fourth-order valence-electron chi connectivity index (χ4n) is 4.25. The van der Waals surface area contributed by atoms with Crippen LogP contribution in [0.2, 0.25) is 0 Å². The Labute approximate surface area is 157 Å². The van der Waals surface area contributed by atoms with E-state index in [-0.39, 0.29) is 35.9 Å². The lowest BCUT2D eigenvalue weighted by Gasteiger charge is -2.25. The molecule has 7 heteroatoms. The molecular weight excluding hydrogens is 344 g/mol. The molecule has 1 aliphatic heterocycles. The van der Waals surface area contributed by atoms with Crippen molar-refractivity contribution in [3.63, 3.8) is 0 Å². The van der Waals surface area contributed by atoms with Crippen molar-refractivity contribution in [1.82, 2.24) is 19.8 Å². The summed E-state index contributed by atoms with van der Waals surface area (Å²) in [5.74, 6) is 0.190. The van der Waals surface area contributed by atoms with E-state index in [1.54, 1.807) is 12.1 Å². The molecule has 1 saturated carbocycles. The van der Waals surface area contributed by atoms with Gasteiger partial charge in [0.25, 0.3) is 5.56 Å². The van der Waals surface area contributed by atoms with E-state index >= 15 is 0 Å². The molecule has 4 rings (SSSR count). The summed E-state index contributed by atoms with van der Waals surface area (Å²) in [5.41, 5.74) is 0.470. The molecule has 0 radical (unpaired) electrons. The zero-order valence-electron chi connectivity index (χ0n) is 15.5. The number of hydrogen-bond donors (Lipinski definition) is 1. The van der Waals surface area contributed by atoms with Gasteiger partial charge in [0.1, 0.15) is 5.82 Å². The average molecular weight is 368 g/mol. The smallest absolute Gasteiger partial charge is 0.258 e. The number of nitrogens with zero attached hydrogens (tertiary/aromatic N) is 3. The third-order valence-electron chi connectivity index (χ3n) is 5.76. The predicted molar refractivity (Wildman–Crippen MR) is 101 cm³/mol. The van der Waals surface area contributed by atoms with Crippen molar-refractivity contribution in [2.75, 3.05) is 13.2 Å². The van der Waals surface area contributed by atoms with E-state index in [2.05, 4.69) is 9.97 Å². The number of carbonyl (C=O) groups excluding carboxylic acids is 2. The summed E-state index contributed by atoms with van der Waals surface area (Å²) in [6, 6.07) is 7.20. The first-order valence-corrected chi connectivity index (χ1v) is 9.64. The van der Waals surface area contributed by atoms with Gasteiger partial charge in [-0.25, -0.2) is 4.98 Å². The number of nitrogens with one attached hydrogen (secondary N) is 1. The number of imide groups is 1. The van der Waals surface area contributed by atoms with Gasteiger partial charge in [-0.3, -0.25) is 24.2 Å². The minimum Gasteiger partial charge on any atom is -0.309 e. The SMILES string of the molecule is CCN(Cc1nc2ccccc2c(=O)[nH]1)CN1C(=O)[C@H]2CCCC[C@H]2C1=O. The van der Waals surface area contributed by atoms with E-state index in [0.717, 1.165) is 25.7 Å². The van der Waals surface area contributed by atoms with Crippen LogP contribution >= 0.6 is 0 Å². The molecule has 27 heavy (non-hydrogen) atoms. The summed E-state index contributed by atoms with van der Waals surface area (Å²) in [6.07, 6.45) is 3.68. The standard InChI is InChI=1S/C20H24N4O3/c1-2-23(11-17-21-16-10-6-5-9-15(16)18(25)22-17)12-24-19(26)13-7-3-4-8-14(13)20(24)27/h5-6,9-10,13-14H,2-4,7-8,11-12H2,1H3,(H,21,22,25)/t13-,14+. The van der Waals surface area contributed by atoms with Gasteiger partial charge in [0, 0.05) is 0 Å². The van der Waals surface area contributed by atoms with Gasteiger partial charge in [-0.1, -0.05) is 31.9 Å². The molecule has 2 fully saturated rings. The van der Waals surface area contributed by atoms with Crippen LogP contribution in [0.25, 0.3) is 10.9 Å². The fourth-order valence-corrected chi connectivity index (χ4v) is 4.25. The van der Waals surface area contributed by atoms with Crippen LogP contribution in [-0.2, 0) is 16.1 Å². The van der Waals surface area contributed by atoms with E-state index in [9.17, 15) is 14.4 Å². The number of benzene rings is 1. The maximum absolute atomic E-state index is 12.7. The van der Waals surface area contributed by atoms with E-state index in [1.807, 2.05) is 24.0 Å². The number of amides is 2. The number of hydrogen-bond acceptors (Lipinski definition) is 5. The van der Waals surface area contributed by atoms with Crippen LogP contribution in [0.1, 0.15) is 38.4 Å². The maximum Gasteiger partial charge on any atom is 0.258 e. The Hall–Kier alpha value is -2.54. The molecule has 2 aromatic rings. The molecule has 2 amide bonds. The number of H-pyrrole nitrogens is 1. The summed E-state index contributed by atoms with van der Waals surface area (Å²) in [5, 5.41) is 0.554. The molecule has 1 aromatic heterocycles. The van der Waals surface area contributed by atoms with Gasteiger partial charge in [0.15, 0.2) is 0 Å². The molecule has 0 bridgehead atoms. The molecule has 1 aromatic carbocycles. The summed E-state index contributed by atoms with van der Waals surface area (Å²) >= 11 is 0. The molecular formula is C20H24N4O3. The van der Waals surface area contributed by atoms with Crippen molar-refractivity contribution in [2.24, 2.45) is 11.8 Å². The van der Waals surface area contributed by atoms with Crippen molar-refractivity contribution >= 4 is 22.7 Å². The van der Waals surface area contributed by atoms with Gasteiger partial charge in [0.05, 0.1) is 36.0 Å². The quantitative estimate of drug-likeness (QED) is 0.815. The molecule has 2 atom stereocenters. The Balaban J connectivity index is 1.52. The van der Waals surface area contributed by atoms with Crippen molar-refractivity contribution in [3.05, 3.63) is 40.4 Å². The third-order valence-corrected chi connectivity index (χ3v) is 5.76.